The maximum absolute atomic E-state index is 12.9. The van der Waals surface area contributed by atoms with Crippen LogP contribution in [0.4, 0.5) is 5.69 Å². The molecule has 4 rings (SSSR count). The lowest BCUT2D eigenvalue weighted by Crippen LogP contribution is -2.39. The molecule has 2 aromatic carbocycles. The minimum absolute atomic E-state index is 0.336. The fraction of sp³-hybridized carbons (Fsp3) is 0.222. The Morgan fingerprint density at radius 1 is 1.12 bits per heavy atom. The first-order valence-electron chi connectivity index (χ1n) is 8.02. The van der Waals surface area contributed by atoms with Gasteiger partial charge < -0.3 is 4.74 Å². The summed E-state index contributed by atoms with van der Waals surface area (Å²) in [7, 11) is 1.56. The molecule has 26 heavy (non-hydrogen) atoms. The van der Waals surface area contributed by atoms with Gasteiger partial charge in [0.15, 0.2) is 12.1 Å². The molecule has 132 valence electrons. The Morgan fingerprint density at radius 3 is 2.58 bits per heavy atom. The molecule has 7 nitrogen and oxygen atoms in total. The summed E-state index contributed by atoms with van der Waals surface area (Å²) in [6.45, 7) is 0.348. The molecule has 2 aliphatic heterocycles. The first-order valence-corrected chi connectivity index (χ1v) is 8.40. The summed E-state index contributed by atoms with van der Waals surface area (Å²) in [5.74, 6) is -0.0602. The number of carbonyl (C=O) groups excluding carboxylic acids is 2. The number of rotatable bonds is 4. The Bertz CT molecular complexity index is 900. The van der Waals surface area contributed by atoms with Crippen molar-refractivity contribution in [1.82, 2.24) is 5.01 Å². The normalized spacial score (nSPS) is 21.5. The molecule has 0 radical (unpaired) electrons. The molecular formula is C18H15ClN4O3. The molecular weight excluding hydrogens is 356 g/mol. The predicted octanol–water partition coefficient (Wildman–Crippen LogP) is 2.84. The first kappa shape index (κ1) is 16.5. The van der Waals surface area contributed by atoms with Gasteiger partial charge in [-0.2, -0.15) is 5.11 Å². The first-order chi connectivity index (χ1) is 12.6. The van der Waals surface area contributed by atoms with E-state index in [2.05, 4.69) is 10.3 Å². The Balaban J connectivity index is 1.58. The number of fused-ring (bicyclic) bond motifs is 1. The second-order valence-electron chi connectivity index (χ2n) is 6.03. The Kier molecular flexibility index (Phi) is 4.08. The quantitative estimate of drug-likeness (QED) is 0.775. The summed E-state index contributed by atoms with van der Waals surface area (Å²) >= 11 is 6.01. The van der Waals surface area contributed by atoms with Crippen LogP contribution in [-0.4, -0.2) is 36.0 Å². The molecule has 2 aliphatic rings. The minimum atomic E-state index is -0.816. The van der Waals surface area contributed by atoms with Crippen LogP contribution < -0.4 is 9.64 Å². The van der Waals surface area contributed by atoms with Gasteiger partial charge in [0.2, 0.25) is 0 Å². The highest BCUT2D eigenvalue weighted by atomic mass is 35.5. The van der Waals surface area contributed by atoms with E-state index in [0.717, 1.165) is 10.5 Å². The lowest BCUT2D eigenvalue weighted by Gasteiger charge is -2.20. The molecule has 2 aromatic rings. The van der Waals surface area contributed by atoms with E-state index in [0.29, 0.717) is 23.0 Å². The zero-order valence-electron chi connectivity index (χ0n) is 13.9. The van der Waals surface area contributed by atoms with Crippen LogP contribution in [0.5, 0.6) is 5.75 Å². The molecule has 2 amide bonds. The number of hydrogen-bond donors (Lipinski definition) is 0. The van der Waals surface area contributed by atoms with Crippen LogP contribution in [0, 0.1) is 0 Å². The summed E-state index contributed by atoms with van der Waals surface area (Å²) in [5.41, 5.74) is 1.38. The monoisotopic (exact) mass is 370 g/mol. The zero-order chi connectivity index (χ0) is 18.3. The minimum Gasteiger partial charge on any atom is -0.497 e. The average Bonchev–Trinajstić information content (AvgIpc) is 3.16. The van der Waals surface area contributed by atoms with E-state index in [1.165, 1.54) is 0 Å². The SMILES string of the molecule is COc1ccc(N2C(=O)[C@H]3N=NN(Cc4cccc(Cl)c4)[C@@H]3C2=O)cc1. The van der Waals surface area contributed by atoms with Crippen molar-refractivity contribution in [3.8, 4) is 5.75 Å². The van der Waals surface area contributed by atoms with Crippen LogP contribution in [0.15, 0.2) is 58.9 Å². The van der Waals surface area contributed by atoms with E-state index in [1.807, 2.05) is 12.1 Å². The third-order valence-electron chi connectivity index (χ3n) is 4.42. The van der Waals surface area contributed by atoms with Crippen molar-refractivity contribution in [2.45, 2.75) is 18.6 Å². The summed E-state index contributed by atoms with van der Waals surface area (Å²) in [5, 5.41) is 10.2. The third kappa shape index (κ3) is 2.70. The highest BCUT2D eigenvalue weighted by Gasteiger charge is 2.54. The molecule has 0 bridgehead atoms. The predicted molar refractivity (Wildman–Crippen MR) is 94.9 cm³/mol. The van der Waals surface area contributed by atoms with Crippen LogP contribution in [0.2, 0.25) is 5.02 Å². The van der Waals surface area contributed by atoms with Crippen LogP contribution >= 0.6 is 11.6 Å². The average molecular weight is 371 g/mol. The number of hydrogen-bond acceptors (Lipinski definition) is 6. The van der Waals surface area contributed by atoms with Crippen molar-refractivity contribution >= 4 is 29.1 Å². The van der Waals surface area contributed by atoms with Crippen LogP contribution in [0.1, 0.15) is 5.56 Å². The maximum atomic E-state index is 12.9. The van der Waals surface area contributed by atoms with Crippen molar-refractivity contribution in [3.63, 3.8) is 0 Å². The summed E-state index contributed by atoms with van der Waals surface area (Å²) in [6, 6.07) is 12.5. The number of methoxy groups -OCH3 is 1. The van der Waals surface area contributed by atoms with E-state index in [-0.39, 0.29) is 11.8 Å². The Labute approximate surface area is 154 Å². The van der Waals surface area contributed by atoms with Crippen molar-refractivity contribution in [2.75, 3.05) is 12.0 Å². The van der Waals surface area contributed by atoms with Gasteiger partial charge in [0.05, 0.1) is 19.3 Å². The molecule has 2 atom stereocenters. The van der Waals surface area contributed by atoms with Gasteiger partial charge in [-0.1, -0.05) is 29.0 Å². The second kappa shape index (κ2) is 6.42. The zero-order valence-corrected chi connectivity index (χ0v) is 14.6. The van der Waals surface area contributed by atoms with Crippen LogP contribution in [0.3, 0.4) is 0 Å². The number of anilines is 1. The molecule has 2 heterocycles. The van der Waals surface area contributed by atoms with Gasteiger partial charge in [-0.25, -0.2) is 4.90 Å². The Hall–Kier alpha value is -2.93. The van der Waals surface area contributed by atoms with Gasteiger partial charge in [-0.3, -0.25) is 14.6 Å². The highest BCUT2D eigenvalue weighted by Crippen LogP contribution is 2.33. The number of carbonyl (C=O) groups is 2. The molecule has 1 fully saturated rings. The highest BCUT2D eigenvalue weighted by molar-refractivity contribution is 6.30. The lowest BCUT2D eigenvalue weighted by atomic mass is 10.1. The van der Waals surface area contributed by atoms with Crippen molar-refractivity contribution < 1.29 is 14.3 Å². The molecule has 0 aromatic heterocycles. The van der Waals surface area contributed by atoms with E-state index >= 15 is 0 Å². The number of benzene rings is 2. The third-order valence-corrected chi connectivity index (χ3v) is 4.66. The maximum Gasteiger partial charge on any atom is 0.263 e. The summed E-state index contributed by atoms with van der Waals surface area (Å²) in [4.78, 5) is 26.7. The van der Waals surface area contributed by atoms with E-state index in [1.54, 1.807) is 48.5 Å². The van der Waals surface area contributed by atoms with Crippen LogP contribution in [0.25, 0.3) is 0 Å². The molecule has 0 N–H and O–H groups in total. The fourth-order valence-electron chi connectivity index (χ4n) is 3.16. The number of imide groups is 1. The van der Waals surface area contributed by atoms with Gasteiger partial charge >= 0.3 is 0 Å². The topological polar surface area (TPSA) is 74.6 Å². The molecule has 0 saturated carbocycles. The molecule has 0 unspecified atom stereocenters. The fourth-order valence-corrected chi connectivity index (χ4v) is 3.37. The van der Waals surface area contributed by atoms with Gasteiger partial charge in [0.1, 0.15) is 5.75 Å². The van der Waals surface area contributed by atoms with E-state index in [4.69, 9.17) is 16.3 Å². The van der Waals surface area contributed by atoms with E-state index in [9.17, 15) is 9.59 Å². The lowest BCUT2D eigenvalue weighted by molar-refractivity contribution is -0.123. The number of ether oxygens (including phenoxy) is 1. The number of nitrogens with zero attached hydrogens (tertiary/aromatic N) is 4. The standard InChI is InChI=1S/C18H15ClN4O3/c1-26-14-7-5-13(6-8-14)23-17(24)15-16(18(23)25)22(21-20-15)10-11-3-2-4-12(19)9-11/h2-9,15-16H,10H2,1H3/t15-,16-/m0/s1. The van der Waals surface area contributed by atoms with Gasteiger partial charge in [-0.05, 0) is 42.0 Å². The smallest absolute Gasteiger partial charge is 0.263 e. The molecule has 1 saturated heterocycles. The Morgan fingerprint density at radius 2 is 1.88 bits per heavy atom. The molecule has 0 aliphatic carbocycles. The molecule has 0 spiro atoms. The number of halogens is 1. The van der Waals surface area contributed by atoms with Crippen molar-refractivity contribution in [3.05, 3.63) is 59.1 Å². The summed E-state index contributed by atoms with van der Waals surface area (Å²) in [6.07, 6.45) is 0. The number of amides is 2. The van der Waals surface area contributed by atoms with Gasteiger partial charge in [0.25, 0.3) is 11.8 Å². The van der Waals surface area contributed by atoms with E-state index < -0.39 is 12.1 Å². The molecule has 8 heteroatoms. The van der Waals surface area contributed by atoms with Gasteiger partial charge in [-0.15, -0.1) is 0 Å². The second-order valence-corrected chi connectivity index (χ2v) is 6.47. The van der Waals surface area contributed by atoms with Crippen molar-refractivity contribution in [2.24, 2.45) is 10.3 Å². The summed E-state index contributed by atoms with van der Waals surface area (Å²) < 4.78 is 5.11. The van der Waals surface area contributed by atoms with Gasteiger partial charge in [0, 0.05) is 5.02 Å². The van der Waals surface area contributed by atoms with Crippen molar-refractivity contribution in [1.29, 1.82) is 0 Å². The van der Waals surface area contributed by atoms with Crippen LogP contribution in [-0.2, 0) is 16.1 Å². The largest absolute Gasteiger partial charge is 0.497 e.